The third kappa shape index (κ3) is 5.23. The van der Waals surface area contributed by atoms with Crippen LogP contribution in [0, 0.1) is 11.6 Å². The van der Waals surface area contributed by atoms with Gasteiger partial charge in [-0.3, -0.25) is 0 Å². The Bertz CT molecular complexity index is 1050. The summed E-state index contributed by atoms with van der Waals surface area (Å²) < 4.78 is 32.6. The van der Waals surface area contributed by atoms with Crippen molar-refractivity contribution in [1.29, 1.82) is 0 Å². The second kappa shape index (κ2) is 10.8. The molecule has 0 aromatic heterocycles. The van der Waals surface area contributed by atoms with Crippen molar-refractivity contribution in [2.45, 2.75) is 6.92 Å². The summed E-state index contributed by atoms with van der Waals surface area (Å²) >= 11 is 0. The fourth-order valence-electron chi connectivity index (χ4n) is 2.83. The number of carbonyl (C=O) groups excluding carboxylic acids is 1. The molecule has 0 aliphatic heterocycles. The van der Waals surface area contributed by atoms with Crippen LogP contribution < -0.4 is 5.90 Å². The number of oxime groups is 2. The summed E-state index contributed by atoms with van der Waals surface area (Å²) in [5, 5.41) is 7.59. The van der Waals surface area contributed by atoms with Gasteiger partial charge in [0.2, 0.25) is 0 Å². The second-order valence-electron chi connectivity index (χ2n) is 5.98. The van der Waals surface area contributed by atoms with Crippen LogP contribution in [0.4, 0.5) is 8.78 Å². The number of benzene rings is 2. The number of methoxy groups -OCH3 is 1. The van der Waals surface area contributed by atoms with E-state index in [0.29, 0.717) is 11.6 Å². The second-order valence-corrected chi connectivity index (χ2v) is 5.98. The minimum atomic E-state index is -0.865. The van der Waals surface area contributed by atoms with Gasteiger partial charge in [0, 0.05) is 28.3 Å². The highest BCUT2D eigenvalue weighted by Crippen LogP contribution is 2.27. The summed E-state index contributed by atoms with van der Waals surface area (Å²) in [5.74, 6) is 3.19. The summed E-state index contributed by atoms with van der Waals surface area (Å²) in [6.45, 7) is 1.55. The molecule has 2 aromatic rings. The average molecular weight is 433 g/mol. The third-order valence-electron chi connectivity index (χ3n) is 4.17. The summed E-state index contributed by atoms with van der Waals surface area (Å²) in [4.78, 5) is 26.9. The lowest BCUT2D eigenvalue weighted by molar-refractivity contribution is -0.132. The van der Waals surface area contributed by atoms with Gasteiger partial charge >= 0.3 is 5.97 Å². The topological polar surface area (TPSA) is 105 Å². The molecule has 0 aliphatic carbocycles. The van der Waals surface area contributed by atoms with Gasteiger partial charge in [-0.2, -0.15) is 5.90 Å². The molecule has 0 atom stereocenters. The summed E-state index contributed by atoms with van der Waals surface area (Å²) in [5.41, 5.74) is 0.623. The maximum atomic E-state index is 14.4. The first-order valence-electron chi connectivity index (χ1n) is 8.83. The molecular formula is C21H21F2N3O5. The summed E-state index contributed by atoms with van der Waals surface area (Å²) in [6, 6.07) is 9.49. The van der Waals surface area contributed by atoms with Crippen molar-refractivity contribution < 1.29 is 32.8 Å². The van der Waals surface area contributed by atoms with Gasteiger partial charge in [-0.15, -0.1) is 0 Å². The van der Waals surface area contributed by atoms with Crippen LogP contribution in [0.25, 0.3) is 5.76 Å². The van der Waals surface area contributed by atoms with Crippen LogP contribution in [0.3, 0.4) is 0 Å². The van der Waals surface area contributed by atoms with Crippen molar-refractivity contribution in [3.63, 3.8) is 0 Å². The first-order chi connectivity index (χ1) is 14.9. The maximum absolute atomic E-state index is 14.4. The van der Waals surface area contributed by atoms with E-state index in [-0.39, 0.29) is 33.9 Å². The van der Waals surface area contributed by atoms with Gasteiger partial charge in [-0.05, 0) is 19.1 Å². The molecule has 0 heterocycles. The molecule has 0 saturated carbocycles. The first-order valence-corrected chi connectivity index (χ1v) is 8.83. The third-order valence-corrected chi connectivity index (χ3v) is 4.17. The molecule has 0 spiro atoms. The van der Waals surface area contributed by atoms with Crippen molar-refractivity contribution >= 4 is 23.2 Å². The van der Waals surface area contributed by atoms with Gasteiger partial charge in [-0.25, -0.2) is 13.6 Å². The van der Waals surface area contributed by atoms with E-state index in [1.165, 1.54) is 27.4 Å². The molecule has 31 heavy (non-hydrogen) atoms. The van der Waals surface area contributed by atoms with Crippen LogP contribution in [0.1, 0.15) is 23.6 Å². The Hall–Kier alpha value is -3.79. The van der Waals surface area contributed by atoms with Crippen LogP contribution in [-0.4, -0.2) is 38.7 Å². The van der Waals surface area contributed by atoms with Crippen LogP contribution in [0.15, 0.2) is 58.3 Å². The molecule has 10 heteroatoms. The fraction of sp³-hybridized carbons (Fsp3) is 0.190. The van der Waals surface area contributed by atoms with Crippen LogP contribution in [0.5, 0.6) is 0 Å². The summed E-state index contributed by atoms with van der Waals surface area (Å²) in [7, 11) is 3.73. The number of ether oxygens (including phenoxy) is 1. The highest BCUT2D eigenvalue weighted by Gasteiger charge is 2.25. The molecule has 8 nitrogen and oxygen atoms in total. The minimum absolute atomic E-state index is 0.00134. The molecule has 2 aromatic carbocycles. The standard InChI is InChI=1S/C21H21F2N3O5/c1-12(18(25-29-3)16-10-9-13(22)11-17(16)23)20(31-24)15-8-6-5-7-14(15)19(26-30-4)21(27)28-2/h5-11H,24H2,1-4H3. The van der Waals surface area contributed by atoms with Crippen LogP contribution in [0.2, 0.25) is 0 Å². The Morgan fingerprint density at radius 3 is 2.06 bits per heavy atom. The predicted octanol–water partition coefficient (Wildman–Crippen LogP) is 3.16. The minimum Gasteiger partial charge on any atom is -0.464 e. The van der Waals surface area contributed by atoms with E-state index >= 15 is 0 Å². The lowest BCUT2D eigenvalue weighted by atomic mass is 9.95. The Labute approximate surface area is 177 Å². The van der Waals surface area contributed by atoms with E-state index in [1.54, 1.807) is 31.2 Å². The number of esters is 1. The van der Waals surface area contributed by atoms with Crippen LogP contribution in [-0.2, 0) is 24.0 Å². The van der Waals surface area contributed by atoms with Gasteiger partial charge in [0.1, 0.15) is 31.6 Å². The number of allylic oxidation sites excluding steroid dienone is 1. The number of nitrogens with two attached hydrogens (primary N) is 1. The van der Waals surface area contributed by atoms with E-state index in [0.717, 1.165) is 6.07 Å². The molecule has 0 unspecified atom stereocenters. The normalized spacial score (nSPS) is 12.7. The molecule has 0 amide bonds. The molecule has 0 bridgehead atoms. The predicted molar refractivity (Wildman–Crippen MR) is 110 cm³/mol. The Morgan fingerprint density at radius 1 is 0.903 bits per heavy atom. The van der Waals surface area contributed by atoms with E-state index in [2.05, 4.69) is 10.3 Å². The van der Waals surface area contributed by atoms with Crippen LogP contribution >= 0.6 is 0 Å². The smallest absolute Gasteiger partial charge is 0.360 e. The van der Waals surface area contributed by atoms with Crippen molar-refractivity contribution in [3.05, 3.63) is 76.4 Å². The van der Waals surface area contributed by atoms with E-state index in [4.69, 9.17) is 25.1 Å². The van der Waals surface area contributed by atoms with E-state index in [1.807, 2.05) is 0 Å². The highest BCUT2D eigenvalue weighted by molar-refractivity contribution is 6.43. The Kier molecular flexibility index (Phi) is 8.21. The molecule has 0 saturated heterocycles. The average Bonchev–Trinajstić information content (AvgIpc) is 2.76. The lowest BCUT2D eigenvalue weighted by Crippen LogP contribution is -2.20. The van der Waals surface area contributed by atoms with Gasteiger partial charge < -0.3 is 19.2 Å². The monoisotopic (exact) mass is 433 g/mol. The SMILES string of the molecule is CON=C(C(C)=C(ON)c1ccccc1C(=NOC)C(=O)OC)c1ccc(F)cc1F. The maximum Gasteiger partial charge on any atom is 0.360 e. The molecule has 0 aliphatic rings. The van der Waals surface area contributed by atoms with Crippen molar-refractivity contribution in [2.75, 3.05) is 21.3 Å². The zero-order valence-corrected chi connectivity index (χ0v) is 17.3. The zero-order valence-electron chi connectivity index (χ0n) is 17.3. The first kappa shape index (κ1) is 23.5. The largest absolute Gasteiger partial charge is 0.464 e. The van der Waals surface area contributed by atoms with Gasteiger partial charge in [-0.1, -0.05) is 34.6 Å². The molecule has 2 rings (SSSR count). The number of halogens is 2. The molecule has 0 fully saturated rings. The number of rotatable bonds is 8. The lowest BCUT2D eigenvalue weighted by Gasteiger charge is -2.16. The van der Waals surface area contributed by atoms with Gasteiger partial charge in [0.15, 0.2) is 11.5 Å². The van der Waals surface area contributed by atoms with Gasteiger partial charge in [0.05, 0.1) is 7.11 Å². The zero-order chi connectivity index (χ0) is 23.0. The number of hydrogen-bond donors (Lipinski definition) is 1. The Morgan fingerprint density at radius 2 is 1.52 bits per heavy atom. The van der Waals surface area contributed by atoms with Crippen molar-refractivity contribution in [1.82, 2.24) is 0 Å². The quantitative estimate of drug-likeness (QED) is 0.297. The van der Waals surface area contributed by atoms with Gasteiger partial charge in [0.25, 0.3) is 0 Å². The summed E-state index contributed by atoms with van der Waals surface area (Å²) in [6.07, 6.45) is 0. The number of nitrogens with zero attached hydrogens (tertiary/aromatic N) is 2. The number of hydrogen-bond acceptors (Lipinski definition) is 8. The molecular weight excluding hydrogens is 412 g/mol. The molecule has 2 N–H and O–H groups in total. The van der Waals surface area contributed by atoms with E-state index < -0.39 is 17.6 Å². The number of carbonyl (C=O) groups is 1. The highest BCUT2D eigenvalue weighted by atomic mass is 19.1. The van der Waals surface area contributed by atoms with E-state index in [9.17, 15) is 13.6 Å². The fourth-order valence-corrected chi connectivity index (χ4v) is 2.83. The van der Waals surface area contributed by atoms with Crippen molar-refractivity contribution in [3.8, 4) is 0 Å². The van der Waals surface area contributed by atoms with Crippen molar-refractivity contribution in [2.24, 2.45) is 16.2 Å². The molecule has 164 valence electrons. The Balaban J connectivity index is 2.77. The molecule has 0 radical (unpaired) electrons.